The van der Waals surface area contributed by atoms with E-state index in [-0.39, 0.29) is 6.09 Å². The summed E-state index contributed by atoms with van der Waals surface area (Å²) in [4.78, 5) is 13.8. The van der Waals surface area contributed by atoms with E-state index in [9.17, 15) is 4.79 Å². The Morgan fingerprint density at radius 3 is 2.67 bits per heavy atom. The van der Waals surface area contributed by atoms with Crippen molar-refractivity contribution in [2.75, 3.05) is 19.6 Å². The van der Waals surface area contributed by atoms with Crippen molar-refractivity contribution in [2.24, 2.45) is 5.92 Å². The number of likely N-dealkylation sites (tertiary alicyclic amines) is 1. The van der Waals surface area contributed by atoms with Gasteiger partial charge < -0.3 is 15.0 Å². The number of piperidine rings is 1. The molecule has 2 saturated heterocycles. The molecule has 18 heavy (non-hydrogen) atoms. The van der Waals surface area contributed by atoms with Crippen LogP contribution in [0.5, 0.6) is 0 Å². The third-order valence-electron chi connectivity index (χ3n) is 3.79. The summed E-state index contributed by atoms with van der Waals surface area (Å²) >= 11 is 0. The van der Waals surface area contributed by atoms with Crippen LogP contribution in [0.3, 0.4) is 0 Å². The number of hydrogen-bond acceptors (Lipinski definition) is 3. The van der Waals surface area contributed by atoms with Gasteiger partial charge in [-0.1, -0.05) is 6.42 Å². The van der Waals surface area contributed by atoms with Crippen LogP contribution in [0.25, 0.3) is 0 Å². The van der Waals surface area contributed by atoms with E-state index in [0.29, 0.717) is 12.0 Å². The molecule has 2 aliphatic rings. The molecular formula is C14H26N2O2. The fourth-order valence-electron chi connectivity index (χ4n) is 2.89. The van der Waals surface area contributed by atoms with Crippen LogP contribution in [-0.4, -0.2) is 42.3 Å². The molecule has 0 aromatic heterocycles. The van der Waals surface area contributed by atoms with Gasteiger partial charge in [0.2, 0.25) is 0 Å². The van der Waals surface area contributed by atoms with Gasteiger partial charge in [-0.25, -0.2) is 4.79 Å². The zero-order valence-corrected chi connectivity index (χ0v) is 11.9. The summed E-state index contributed by atoms with van der Waals surface area (Å²) in [7, 11) is 0. The minimum absolute atomic E-state index is 0.152. The summed E-state index contributed by atoms with van der Waals surface area (Å²) in [5.74, 6) is 0.609. The number of carbonyl (C=O) groups is 1. The number of amides is 1. The van der Waals surface area contributed by atoms with E-state index in [1.165, 1.54) is 19.3 Å². The Bertz CT molecular complexity index is 293. The van der Waals surface area contributed by atoms with Gasteiger partial charge in [0.05, 0.1) is 0 Å². The van der Waals surface area contributed by atoms with Gasteiger partial charge in [0.25, 0.3) is 0 Å². The number of nitrogens with zero attached hydrogens (tertiary/aromatic N) is 1. The van der Waals surface area contributed by atoms with Gasteiger partial charge in [-0.05, 0) is 52.5 Å². The Kier molecular flexibility index (Phi) is 4.15. The van der Waals surface area contributed by atoms with Gasteiger partial charge in [-0.3, -0.25) is 0 Å². The fourth-order valence-corrected chi connectivity index (χ4v) is 2.89. The molecule has 0 aliphatic carbocycles. The number of nitrogens with one attached hydrogen (secondary N) is 1. The van der Waals surface area contributed by atoms with Crippen LogP contribution in [-0.2, 0) is 4.74 Å². The molecule has 0 aromatic rings. The summed E-state index contributed by atoms with van der Waals surface area (Å²) in [6.07, 6.45) is 4.82. The second-order valence-corrected chi connectivity index (χ2v) is 6.53. The summed E-state index contributed by atoms with van der Waals surface area (Å²) < 4.78 is 5.42. The van der Waals surface area contributed by atoms with E-state index in [1.54, 1.807) is 0 Å². The van der Waals surface area contributed by atoms with Crippen LogP contribution < -0.4 is 5.32 Å². The average Bonchev–Trinajstić information content (AvgIpc) is 2.77. The molecule has 2 atom stereocenters. The minimum Gasteiger partial charge on any atom is -0.444 e. The summed E-state index contributed by atoms with van der Waals surface area (Å²) in [5, 5.41) is 3.59. The lowest BCUT2D eigenvalue weighted by molar-refractivity contribution is 0.0284. The molecule has 0 aromatic carbocycles. The second kappa shape index (κ2) is 5.47. The molecule has 2 aliphatic heterocycles. The fraction of sp³-hybridized carbons (Fsp3) is 0.929. The Morgan fingerprint density at radius 2 is 2.06 bits per heavy atom. The van der Waals surface area contributed by atoms with Crippen molar-refractivity contribution in [1.82, 2.24) is 10.2 Å². The van der Waals surface area contributed by atoms with E-state index in [0.717, 1.165) is 26.1 Å². The largest absolute Gasteiger partial charge is 0.444 e. The summed E-state index contributed by atoms with van der Waals surface area (Å²) in [6.45, 7) is 8.58. The van der Waals surface area contributed by atoms with E-state index in [4.69, 9.17) is 4.74 Å². The smallest absolute Gasteiger partial charge is 0.410 e. The van der Waals surface area contributed by atoms with Crippen molar-refractivity contribution in [2.45, 2.75) is 58.1 Å². The predicted molar refractivity (Wildman–Crippen MR) is 71.6 cm³/mol. The normalized spacial score (nSPS) is 29.4. The highest BCUT2D eigenvalue weighted by molar-refractivity contribution is 5.68. The van der Waals surface area contributed by atoms with Crippen LogP contribution in [0.4, 0.5) is 4.79 Å². The first kappa shape index (κ1) is 13.7. The molecule has 1 amide bonds. The Morgan fingerprint density at radius 1 is 1.28 bits per heavy atom. The van der Waals surface area contributed by atoms with Crippen molar-refractivity contribution in [3.8, 4) is 0 Å². The second-order valence-electron chi connectivity index (χ2n) is 6.53. The molecular weight excluding hydrogens is 228 g/mol. The van der Waals surface area contributed by atoms with Gasteiger partial charge in [0, 0.05) is 19.1 Å². The van der Waals surface area contributed by atoms with Crippen molar-refractivity contribution in [3.63, 3.8) is 0 Å². The van der Waals surface area contributed by atoms with E-state index in [1.807, 2.05) is 25.7 Å². The number of rotatable bonds is 1. The number of ether oxygens (including phenoxy) is 1. The maximum Gasteiger partial charge on any atom is 0.410 e. The molecule has 0 radical (unpaired) electrons. The molecule has 0 bridgehead atoms. The van der Waals surface area contributed by atoms with Crippen molar-refractivity contribution < 1.29 is 9.53 Å². The first-order valence-electron chi connectivity index (χ1n) is 7.17. The molecule has 0 spiro atoms. The van der Waals surface area contributed by atoms with Crippen LogP contribution in [0.15, 0.2) is 0 Å². The van der Waals surface area contributed by atoms with E-state index in [2.05, 4.69) is 5.32 Å². The number of hydrogen-bond donors (Lipinski definition) is 1. The van der Waals surface area contributed by atoms with E-state index >= 15 is 0 Å². The van der Waals surface area contributed by atoms with Gasteiger partial charge in [-0.15, -0.1) is 0 Å². The third kappa shape index (κ3) is 3.61. The molecule has 104 valence electrons. The summed E-state index contributed by atoms with van der Waals surface area (Å²) in [5.41, 5.74) is -0.391. The predicted octanol–water partition coefficient (Wildman–Crippen LogP) is 2.39. The molecule has 2 fully saturated rings. The molecule has 0 saturated carbocycles. The first-order valence-corrected chi connectivity index (χ1v) is 7.17. The first-order chi connectivity index (χ1) is 8.46. The highest BCUT2D eigenvalue weighted by atomic mass is 16.6. The van der Waals surface area contributed by atoms with Crippen molar-refractivity contribution in [1.29, 1.82) is 0 Å². The highest BCUT2D eigenvalue weighted by Gasteiger charge is 2.34. The maximum absolute atomic E-state index is 12.0. The minimum atomic E-state index is -0.391. The molecule has 4 nitrogen and oxygen atoms in total. The third-order valence-corrected chi connectivity index (χ3v) is 3.79. The summed E-state index contributed by atoms with van der Waals surface area (Å²) in [6, 6.07) is 0.603. The Labute approximate surface area is 110 Å². The molecule has 2 rings (SSSR count). The molecule has 1 N–H and O–H groups in total. The Balaban J connectivity index is 1.82. The van der Waals surface area contributed by atoms with Crippen molar-refractivity contribution >= 4 is 6.09 Å². The lowest BCUT2D eigenvalue weighted by Crippen LogP contribution is -2.42. The topological polar surface area (TPSA) is 41.6 Å². The van der Waals surface area contributed by atoms with Gasteiger partial charge in [0.15, 0.2) is 0 Å². The number of carbonyl (C=O) groups excluding carboxylic acids is 1. The van der Waals surface area contributed by atoms with Crippen LogP contribution in [0.2, 0.25) is 0 Å². The van der Waals surface area contributed by atoms with E-state index < -0.39 is 5.60 Å². The lowest BCUT2D eigenvalue weighted by Gasteiger charge is -2.29. The lowest BCUT2D eigenvalue weighted by atomic mass is 9.91. The molecule has 0 unspecified atom stereocenters. The highest BCUT2D eigenvalue weighted by Crippen LogP contribution is 2.25. The molecule has 4 heteroatoms. The van der Waals surface area contributed by atoms with Crippen molar-refractivity contribution in [3.05, 3.63) is 0 Å². The SMILES string of the molecule is CC(C)(C)OC(=O)N1CC[C@@H]([C@H]2CCCCN2)C1. The van der Waals surface area contributed by atoms with Gasteiger partial charge in [-0.2, -0.15) is 0 Å². The molecule has 2 heterocycles. The van der Waals surface area contributed by atoms with Gasteiger partial charge in [0.1, 0.15) is 5.60 Å². The van der Waals surface area contributed by atoms with Crippen LogP contribution in [0, 0.1) is 5.92 Å². The Hall–Kier alpha value is -0.770. The maximum atomic E-state index is 12.0. The zero-order valence-electron chi connectivity index (χ0n) is 11.9. The average molecular weight is 254 g/mol. The van der Waals surface area contributed by atoms with Crippen LogP contribution in [0.1, 0.15) is 46.5 Å². The monoisotopic (exact) mass is 254 g/mol. The quantitative estimate of drug-likeness (QED) is 0.781. The van der Waals surface area contributed by atoms with Gasteiger partial charge >= 0.3 is 6.09 Å². The van der Waals surface area contributed by atoms with Crippen LogP contribution >= 0.6 is 0 Å². The zero-order chi connectivity index (χ0) is 13.2. The standard InChI is InChI=1S/C14H26N2O2/c1-14(2,3)18-13(17)16-9-7-11(10-16)12-6-4-5-8-15-12/h11-12,15H,4-10H2,1-3H3/t11-,12-/m1/s1.